The largest absolute Gasteiger partial charge is 0.462 e. The van der Waals surface area contributed by atoms with Gasteiger partial charge in [-0.15, -0.1) is 0 Å². The molecule has 0 aromatic heterocycles. The first-order chi connectivity index (χ1) is 10.5. The molecule has 126 valence electrons. The van der Waals surface area contributed by atoms with Crippen LogP contribution in [0.1, 0.15) is 54.9 Å². The third-order valence-corrected chi connectivity index (χ3v) is 4.07. The van der Waals surface area contributed by atoms with Gasteiger partial charge in [0.2, 0.25) is 0 Å². The SMILES string of the molecule is C/C=C(\C)OP(OC)OC1=CC(C)=CCC=C1C(C)C.CC. The van der Waals surface area contributed by atoms with Crippen LogP contribution in [-0.2, 0) is 13.6 Å². The van der Waals surface area contributed by atoms with E-state index in [1.165, 1.54) is 11.1 Å². The molecule has 0 spiro atoms. The third kappa shape index (κ3) is 7.29. The molecule has 22 heavy (non-hydrogen) atoms. The Morgan fingerprint density at radius 1 is 1.27 bits per heavy atom. The summed E-state index contributed by atoms with van der Waals surface area (Å²) in [5.74, 6) is 2.05. The van der Waals surface area contributed by atoms with Gasteiger partial charge in [-0.3, -0.25) is 4.52 Å². The minimum atomic E-state index is -1.41. The zero-order valence-electron chi connectivity index (χ0n) is 15.3. The van der Waals surface area contributed by atoms with Crippen molar-refractivity contribution in [1.82, 2.24) is 0 Å². The van der Waals surface area contributed by atoms with E-state index in [1.54, 1.807) is 7.11 Å². The van der Waals surface area contributed by atoms with E-state index in [4.69, 9.17) is 13.6 Å². The smallest absolute Gasteiger partial charge is 0.423 e. The molecule has 0 aliphatic heterocycles. The highest BCUT2D eigenvalue weighted by Crippen LogP contribution is 2.46. The number of hydrogen-bond acceptors (Lipinski definition) is 3. The van der Waals surface area contributed by atoms with E-state index in [0.717, 1.165) is 17.9 Å². The van der Waals surface area contributed by atoms with Gasteiger partial charge in [-0.1, -0.05) is 45.4 Å². The van der Waals surface area contributed by atoms with Gasteiger partial charge < -0.3 is 9.05 Å². The van der Waals surface area contributed by atoms with Gasteiger partial charge >= 0.3 is 8.60 Å². The van der Waals surface area contributed by atoms with Crippen LogP contribution in [0.15, 0.2) is 47.0 Å². The van der Waals surface area contributed by atoms with Crippen LogP contribution in [0.25, 0.3) is 0 Å². The van der Waals surface area contributed by atoms with Crippen molar-refractivity contribution in [2.75, 3.05) is 7.11 Å². The summed E-state index contributed by atoms with van der Waals surface area (Å²) in [4.78, 5) is 0. The first kappa shape index (κ1) is 20.9. The first-order valence-corrected chi connectivity index (χ1v) is 8.99. The van der Waals surface area contributed by atoms with Gasteiger partial charge in [-0.2, -0.15) is 0 Å². The average Bonchev–Trinajstić information content (AvgIpc) is 2.69. The summed E-state index contributed by atoms with van der Waals surface area (Å²) in [5, 5.41) is 0. The summed E-state index contributed by atoms with van der Waals surface area (Å²) in [7, 11) is 0.191. The van der Waals surface area contributed by atoms with Crippen molar-refractivity contribution < 1.29 is 13.6 Å². The van der Waals surface area contributed by atoms with Crippen LogP contribution < -0.4 is 0 Å². The molecule has 1 aliphatic carbocycles. The predicted octanol–water partition coefficient (Wildman–Crippen LogP) is 6.66. The normalized spacial score (nSPS) is 16.6. The van der Waals surface area contributed by atoms with Crippen LogP contribution >= 0.6 is 8.60 Å². The summed E-state index contributed by atoms with van der Waals surface area (Å²) < 4.78 is 16.9. The quantitative estimate of drug-likeness (QED) is 0.403. The maximum Gasteiger partial charge on any atom is 0.462 e. The monoisotopic (exact) mass is 326 g/mol. The van der Waals surface area contributed by atoms with E-state index in [0.29, 0.717) is 5.92 Å². The molecule has 0 saturated carbocycles. The average molecular weight is 326 g/mol. The zero-order chi connectivity index (χ0) is 17.1. The van der Waals surface area contributed by atoms with Crippen molar-refractivity contribution in [2.45, 2.75) is 54.9 Å². The van der Waals surface area contributed by atoms with Gasteiger partial charge in [0, 0.05) is 7.11 Å². The van der Waals surface area contributed by atoms with Crippen molar-refractivity contribution in [3.63, 3.8) is 0 Å². The predicted molar refractivity (Wildman–Crippen MR) is 96.3 cm³/mol. The fourth-order valence-electron chi connectivity index (χ4n) is 1.76. The highest BCUT2D eigenvalue weighted by atomic mass is 31.2. The second-order valence-corrected chi connectivity index (χ2v) is 6.17. The van der Waals surface area contributed by atoms with Gasteiger partial charge in [-0.25, -0.2) is 0 Å². The van der Waals surface area contributed by atoms with E-state index in [-0.39, 0.29) is 0 Å². The highest BCUT2D eigenvalue weighted by molar-refractivity contribution is 7.42. The van der Waals surface area contributed by atoms with Crippen LogP contribution in [0.5, 0.6) is 0 Å². The van der Waals surface area contributed by atoms with Crippen LogP contribution in [0, 0.1) is 5.92 Å². The Morgan fingerprint density at radius 2 is 1.91 bits per heavy atom. The fraction of sp³-hybridized carbons (Fsp3) is 0.556. The molecule has 1 rings (SSSR count). The molecular weight excluding hydrogens is 295 g/mol. The van der Waals surface area contributed by atoms with E-state index in [9.17, 15) is 0 Å². The Kier molecular flexibility index (Phi) is 11.0. The molecule has 3 nitrogen and oxygen atoms in total. The van der Waals surface area contributed by atoms with Crippen LogP contribution in [0.4, 0.5) is 0 Å². The Labute approximate surface area is 137 Å². The minimum Gasteiger partial charge on any atom is -0.423 e. The lowest BCUT2D eigenvalue weighted by molar-refractivity contribution is 0.252. The molecule has 1 unspecified atom stereocenters. The molecule has 0 saturated heterocycles. The summed E-state index contributed by atoms with van der Waals surface area (Å²) in [6, 6.07) is 0. The maximum absolute atomic E-state index is 5.97. The molecule has 0 amide bonds. The lowest BCUT2D eigenvalue weighted by Gasteiger charge is -2.21. The fourth-order valence-corrected chi connectivity index (χ4v) is 2.61. The zero-order valence-corrected chi connectivity index (χ0v) is 16.2. The van der Waals surface area contributed by atoms with Crippen LogP contribution in [-0.4, -0.2) is 7.11 Å². The molecule has 0 aromatic rings. The molecular formula is C18H31O3P. The molecule has 0 aromatic carbocycles. The Bertz CT molecular complexity index is 445. The molecule has 0 heterocycles. The van der Waals surface area contributed by atoms with E-state index < -0.39 is 8.60 Å². The summed E-state index contributed by atoms with van der Waals surface area (Å²) in [6.45, 7) is 14.2. The molecule has 0 fully saturated rings. The van der Waals surface area contributed by atoms with Gasteiger partial charge in [0.15, 0.2) is 0 Å². The van der Waals surface area contributed by atoms with Gasteiger partial charge in [-0.05, 0) is 50.8 Å². The van der Waals surface area contributed by atoms with Crippen molar-refractivity contribution in [1.29, 1.82) is 0 Å². The Morgan fingerprint density at radius 3 is 2.41 bits per heavy atom. The number of allylic oxidation sites excluding steroid dienone is 7. The van der Waals surface area contributed by atoms with Crippen molar-refractivity contribution in [3.8, 4) is 0 Å². The Hall–Kier alpha value is -1.05. The standard InChI is InChI=1S/C16H25O3P.C2H6/c1-7-14(5)18-20(17-6)19-16-11-13(4)9-8-10-15(16)12(2)3;1-2/h7,9-12H,8H2,1-6H3;1-2H3/b14-7+;. The number of rotatable bonds is 6. The van der Waals surface area contributed by atoms with Gasteiger partial charge in [0.1, 0.15) is 5.76 Å². The number of hydrogen-bond donors (Lipinski definition) is 0. The van der Waals surface area contributed by atoms with Gasteiger partial charge in [0.25, 0.3) is 0 Å². The van der Waals surface area contributed by atoms with Gasteiger partial charge in [0.05, 0.1) is 5.76 Å². The van der Waals surface area contributed by atoms with Crippen molar-refractivity contribution in [3.05, 3.63) is 47.0 Å². The van der Waals surface area contributed by atoms with E-state index in [1.807, 2.05) is 33.8 Å². The summed E-state index contributed by atoms with van der Waals surface area (Å²) >= 11 is 0. The molecule has 1 atom stereocenters. The molecule has 0 radical (unpaired) electrons. The minimum absolute atomic E-state index is 0.400. The van der Waals surface area contributed by atoms with E-state index in [2.05, 4.69) is 39.0 Å². The molecule has 0 N–H and O–H groups in total. The molecule has 1 aliphatic rings. The van der Waals surface area contributed by atoms with Crippen LogP contribution in [0.2, 0.25) is 0 Å². The van der Waals surface area contributed by atoms with Crippen molar-refractivity contribution >= 4 is 8.60 Å². The second-order valence-electron chi connectivity index (χ2n) is 4.99. The van der Waals surface area contributed by atoms with Crippen LogP contribution in [0.3, 0.4) is 0 Å². The van der Waals surface area contributed by atoms with E-state index >= 15 is 0 Å². The lowest BCUT2D eigenvalue weighted by Crippen LogP contribution is -2.02. The molecule has 0 bridgehead atoms. The summed E-state index contributed by atoms with van der Waals surface area (Å²) in [6.07, 6.45) is 9.28. The Balaban J connectivity index is 0.00000211. The first-order valence-electron chi connectivity index (χ1n) is 7.89. The lowest BCUT2D eigenvalue weighted by atomic mass is 10.0. The topological polar surface area (TPSA) is 27.7 Å². The second kappa shape index (κ2) is 11.5. The summed E-state index contributed by atoms with van der Waals surface area (Å²) in [5.41, 5.74) is 2.39. The third-order valence-electron chi connectivity index (χ3n) is 2.99. The van der Waals surface area contributed by atoms with Crippen molar-refractivity contribution in [2.24, 2.45) is 5.92 Å². The maximum atomic E-state index is 5.97. The highest BCUT2D eigenvalue weighted by Gasteiger charge is 2.21. The molecule has 4 heteroatoms.